The molecule has 3 aromatic carbocycles. The van der Waals surface area contributed by atoms with E-state index in [1.54, 1.807) is 36.1 Å². The van der Waals surface area contributed by atoms with Crippen LogP contribution in [-0.4, -0.2) is 24.3 Å². The first-order valence-corrected chi connectivity index (χ1v) is 9.99. The molecule has 0 saturated carbocycles. The van der Waals surface area contributed by atoms with E-state index in [-0.39, 0.29) is 17.5 Å². The zero-order valence-electron chi connectivity index (χ0n) is 16.7. The van der Waals surface area contributed by atoms with Gasteiger partial charge < -0.3 is 9.64 Å². The Morgan fingerprint density at radius 3 is 2.27 bits per heavy atom. The molecular weight excluding hydrogens is 381 g/mol. The van der Waals surface area contributed by atoms with Gasteiger partial charge in [0, 0.05) is 23.4 Å². The van der Waals surface area contributed by atoms with Crippen molar-refractivity contribution in [1.29, 1.82) is 0 Å². The molecule has 0 unspecified atom stereocenters. The summed E-state index contributed by atoms with van der Waals surface area (Å²) in [5.74, 6) is -0.161. The standard InChI is InChI=1S/C25H22FNO3/c1-17(25(29)27-16-4-6-18-5-2-3-7-23(18)27)30-22-14-10-20(11-15-22)24(28)19-8-12-21(26)13-9-19/h2-3,5,7-15,17H,4,6,16H2,1H3/t17-/m1/s1. The second kappa shape index (κ2) is 8.49. The number of nitrogens with zero attached hydrogens (tertiary/aromatic N) is 1. The third kappa shape index (κ3) is 4.10. The normalized spacial score (nSPS) is 14.0. The molecule has 5 heteroatoms. The van der Waals surface area contributed by atoms with Gasteiger partial charge in [-0.2, -0.15) is 0 Å². The van der Waals surface area contributed by atoms with E-state index in [9.17, 15) is 14.0 Å². The molecule has 1 amide bonds. The topological polar surface area (TPSA) is 46.6 Å². The van der Waals surface area contributed by atoms with Gasteiger partial charge in [0.1, 0.15) is 11.6 Å². The highest BCUT2D eigenvalue weighted by molar-refractivity contribution is 6.09. The van der Waals surface area contributed by atoms with Crippen LogP contribution in [0, 0.1) is 5.82 Å². The Balaban J connectivity index is 1.44. The van der Waals surface area contributed by atoms with Gasteiger partial charge in [0.2, 0.25) is 0 Å². The summed E-state index contributed by atoms with van der Waals surface area (Å²) >= 11 is 0. The van der Waals surface area contributed by atoms with Gasteiger partial charge in [0.05, 0.1) is 0 Å². The highest BCUT2D eigenvalue weighted by Gasteiger charge is 2.27. The minimum absolute atomic E-state index is 0.0892. The predicted octanol–water partition coefficient (Wildman–Crippen LogP) is 4.80. The van der Waals surface area contributed by atoms with Gasteiger partial charge in [-0.05, 0) is 79.9 Å². The van der Waals surface area contributed by atoms with Crippen molar-refractivity contribution in [3.63, 3.8) is 0 Å². The Kier molecular flexibility index (Phi) is 5.61. The van der Waals surface area contributed by atoms with Crippen molar-refractivity contribution in [2.75, 3.05) is 11.4 Å². The molecule has 1 atom stereocenters. The monoisotopic (exact) mass is 403 g/mol. The van der Waals surface area contributed by atoms with Crippen molar-refractivity contribution in [3.8, 4) is 5.75 Å². The van der Waals surface area contributed by atoms with Gasteiger partial charge in [-0.25, -0.2) is 4.39 Å². The fraction of sp³-hybridized carbons (Fsp3) is 0.200. The lowest BCUT2D eigenvalue weighted by atomic mass is 10.0. The lowest BCUT2D eigenvalue weighted by molar-refractivity contribution is -0.124. The van der Waals surface area contributed by atoms with E-state index >= 15 is 0 Å². The number of aryl methyl sites for hydroxylation is 1. The van der Waals surface area contributed by atoms with Crippen molar-refractivity contribution in [1.82, 2.24) is 0 Å². The number of para-hydroxylation sites is 1. The summed E-state index contributed by atoms with van der Waals surface area (Å²) in [5.41, 5.74) is 3.01. The number of rotatable bonds is 5. The van der Waals surface area contributed by atoms with Gasteiger partial charge in [-0.1, -0.05) is 18.2 Å². The van der Waals surface area contributed by atoms with Gasteiger partial charge >= 0.3 is 0 Å². The fourth-order valence-electron chi connectivity index (χ4n) is 3.69. The van der Waals surface area contributed by atoms with Crippen LogP contribution >= 0.6 is 0 Å². The second-order valence-electron chi connectivity index (χ2n) is 7.34. The van der Waals surface area contributed by atoms with Crippen LogP contribution in [0.5, 0.6) is 5.75 Å². The molecule has 4 rings (SSSR count). The van der Waals surface area contributed by atoms with Crippen LogP contribution in [0.4, 0.5) is 10.1 Å². The minimum atomic E-state index is -0.658. The van der Waals surface area contributed by atoms with E-state index in [0.717, 1.165) is 18.5 Å². The van der Waals surface area contributed by atoms with Crippen LogP contribution in [0.15, 0.2) is 72.8 Å². The summed E-state index contributed by atoms with van der Waals surface area (Å²) in [6, 6.07) is 20.0. The molecule has 0 bridgehead atoms. The molecule has 0 N–H and O–H groups in total. The number of carbonyl (C=O) groups excluding carboxylic acids is 2. The van der Waals surface area contributed by atoms with Crippen molar-refractivity contribution in [2.45, 2.75) is 25.9 Å². The summed E-state index contributed by atoms with van der Waals surface area (Å²) in [6.07, 6.45) is 1.24. The minimum Gasteiger partial charge on any atom is -0.481 e. The number of halogens is 1. The first-order chi connectivity index (χ1) is 14.5. The molecule has 4 nitrogen and oxygen atoms in total. The molecule has 0 spiro atoms. The van der Waals surface area contributed by atoms with Crippen LogP contribution in [0.25, 0.3) is 0 Å². The number of fused-ring (bicyclic) bond motifs is 1. The number of anilines is 1. The number of ketones is 1. The molecule has 0 radical (unpaired) electrons. The molecule has 0 fully saturated rings. The molecule has 0 aromatic heterocycles. The number of amides is 1. The van der Waals surface area contributed by atoms with E-state index < -0.39 is 6.10 Å². The highest BCUT2D eigenvalue weighted by Crippen LogP contribution is 2.28. The molecule has 0 saturated heterocycles. The number of hydrogen-bond acceptors (Lipinski definition) is 3. The van der Waals surface area contributed by atoms with Crippen molar-refractivity contribution in [3.05, 3.63) is 95.3 Å². The number of benzene rings is 3. The van der Waals surface area contributed by atoms with Gasteiger partial charge in [-0.15, -0.1) is 0 Å². The maximum Gasteiger partial charge on any atom is 0.267 e. The SMILES string of the molecule is C[C@@H](Oc1ccc(C(=O)c2ccc(F)cc2)cc1)C(=O)N1CCCc2ccccc21. The largest absolute Gasteiger partial charge is 0.481 e. The van der Waals surface area contributed by atoms with E-state index in [1.807, 2.05) is 18.2 Å². The average Bonchev–Trinajstić information content (AvgIpc) is 2.78. The predicted molar refractivity (Wildman–Crippen MR) is 113 cm³/mol. The first-order valence-electron chi connectivity index (χ1n) is 9.99. The second-order valence-corrected chi connectivity index (χ2v) is 7.34. The summed E-state index contributed by atoms with van der Waals surface area (Å²) in [4.78, 5) is 27.3. The molecule has 1 aliphatic heterocycles. The number of ether oxygens (including phenoxy) is 1. The quantitative estimate of drug-likeness (QED) is 0.575. The smallest absolute Gasteiger partial charge is 0.267 e. The van der Waals surface area contributed by atoms with Crippen LogP contribution in [0.2, 0.25) is 0 Å². The Hall–Kier alpha value is -3.47. The Morgan fingerprint density at radius 2 is 1.57 bits per heavy atom. The molecule has 1 heterocycles. The fourth-order valence-corrected chi connectivity index (χ4v) is 3.69. The molecular formula is C25H22FNO3. The lowest BCUT2D eigenvalue weighted by Crippen LogP contribution is -2.43. The van der Waals surface area contributed by atoms with Crippen LogP contribution in [-0.2, 0) is 11.2 Å². The zero-order valence-corrected chi connectivity index (χ0v) is 16.7. The zero-order chi connectivity index (χ0) is 21.1. The molecule has 152 valence electrons. The van der Waals surface area contributed by atoms with Crippen molar-refractivity contribution >= 4 is 17.4 Å². The van der Waals surface area contributed by atoms with E-state index in [0.29, 0.717) is 23.4 Å². The van der Waals surface area contributed by atoms with Gasteiger partial charge in [0.15, 0.2) is 11.9 Å². The third-order valence-corrected chi connectivity index (χ3v) is 5.26. The van der Waals surface area contributed by atoms with E-state index in [2.05, 4.69) is 6.07 Å². The van der Waals surface area contributed by atoms with Crippen LogP contribution in [0.3, 0.4) is 0 Å². The Bertz CT molecular complexity index is 1060. The maximum atomic E-state index is 13.0. The summed E-state index contributed by atoms with van der Waals surface area (Å²) in [5, 5.41) is 0. The van der Waals surface area contributed by atoms with Crippen molar-refractivity contribution < 1.29 is 18.7 Å². The summed E-state index contributed by atoms with van der Waals surface area (Å²) < 4.78 is 18.9. The van der Waals surface area contributed by atoms with Crippen LogP contribution in [0.1, 0.15) is 34.8 Å². The van der Waals surface area contributed by atoms with Crippen molar-refractivity contribution in [2.24, 2.45) is 0 Å². The van der Waals surface area contributed by atoms with Gasteiger partial charge in [0.25, 0.3) is 5.91 Å². The number of carbonyl (C=O) groups is 2. The Labute approximate surface area is 174 Å². The first kappa shape index (κ1) is 19.8. The van der Waals surface area contributed by atoms with E-state index in [1.165, 1.54) is 29.8 Å². The highest BCUT2D eigenvalue weighted by atomic mass is 19.1. The van der Waals surface area contributed by atoms with Crippen LogP contribution < -0.4 is 9.64 Å². The molecule has 30 heavy (non-hydrogen) atoms. The number of hydrogen-bond donors (Lipinski definition) is 0. The summed E-state index contributed by atoms with van der Waals surface area (Å²) in [7, 11) is 0. The maximum absolute atomic E-state index is 13.0. The lowest BCUT2D eigenvalue weighted by Gasteiger charge is -2.31. The van der Waals surface area contributed by atoms with E-state index in [4.69, 9.17) is 4.74 Å². The molecule has 1 aliphatic rings. The van der Waals surface area contributed by atoms with Gasteiger partial charge in [-0.3, -0.25) is 9.59 Å². The average molecular weight is 403 g/mol. The summed E-state index contributed by atoms with van der Waals surface area (Å²) in [6.45, 7) is 2.41. The molecule has 0 aliphatic carbocycles. The Morgan fingerprint density at radius 1 is 0.933 bits per heavy atom. The molecule has 3 aromatic rings. The third-order valence-electron chi connectivity index (χ3n) is 5.26.